The molecule has 128 valence electrons. The second kappa shape index (κ2) is 6.90. The number of anilines is 1. The van der Waals surface area contributed by atoms with Crippen LogP contribution in [0.3, 0.4) is 0 Å². The molecule has 0 saturated heterocycles. The van der Waals surface area contributed by atoms with Gasteiger partial charge in [-0.05, 0) is 43.9 Å². The summed E-state index contributed by atoms with van der Waals surface area (Å²) in [4.78, 5) is 12.1. The molecule has 1 heterocycles. The van der Waals surface area contributed by atoms with Gasteiger partial charge in [-0.2, -0.15) is 5.10 Å². The van der Waals surface area contributed by atoms with Crippen molar-refractivity contribution in [2.45, 2.75) is 26.3 Å². The maximum absolute atomic E-state index is 13.5. The third-order valence-corrected chi connectivity index (χ3v) is 3.89. The zero-order chi connectivity index (χ0) is 17.1. The molecule has 1 aliphatic carbocycles. The van der Waals surface area contributed by atoms with Crippen LogP contribution in [0.25, 0.3) is 0 Å². The summed E-state index contributed by atoms with van der Waals surface area (Å²) in [6.45, 7) is 2.81. The number of amides is 2. The Morgan fingerprint density at radius 3 is 2.88 bits per heavy atom. The molecule has 6 nitrogen and oxygen atoms in total. The number of nitrogens with one attached hydrogen (secondary N) is 2. The van der Waals surface area contributed by atoms with E-state index in [1.165, 1.54) is 18.2 Å². The van der Waals surface area contributed by atoms with E-state index in [0.717, 1.165) is 24.2 Å². The van der Waals surface area contributed by atoms with Crippen LogP contribution in [-0.2, 0) is 13.6 Å². The number of aromatic nitrogens is 2. The Morgan fingerprint density at radius 1 is 1.42 bits per heavy atom. The van der Waals surface area contributed by atoms with Gasteiger partial charge in [-0.25, -0.2) is 9.18 Å². The molecule has 0 atom stereocenters. The fraction of sp³-hybridized carbons (Fsp3) is 0.412. The predicted molar refractivity (Wildman–Crippen MR) is 88.4 cm³/mol. The standard InChI is InChI=1S/C17H21FN4O2/c1-11-7-14(22(2)21-11)9-19-17(23)20-15-8-13(18)5-6-16(15)24-10-12-3-4-12/h5-8,12H,3-4,9-10H2,1-2H3,(H2,19,20,23). The molecule has 7 heteroatoms. The smallest absolute Gasteiger partial charge is 0.319 e. The van der Waals surface area contributed by atoms with Crippen LogP contribution in [-0.4, -0.2) is 22.4 Å². The van der Waals surface area contributed by atoms with Crippen LogP contribution in [0, 0.1) is 18.7 Å². The van der Waals surface area contributed by atoms with Gasteiger partial charge in [0.1, 0.15) is 11.6 Å². The van der Waals surface area contributed by atoms with E-state index in [2.05, 4.69) is 15.7 Å². The van der Waals surface area contributed by atoms with Gasteiger partial charge in [0, 0.05) is 13.1 Å². The molecule has 2 amide bonds. The number of ether oxygens (including phenoxy) is 1. The first-order valence-electron chi connectivity index (χ1n) is 7.98. The molecule has 0 bridgehead atoms. The number of hydrogen-bond acceptors (Lipinski definition) is 3. The highest BCUT2D eigenvalue weighted by Crippen LogP contribution is 2.32. The molecule has 2 aromatic rings. The molecule has 1 aromatic carbocycles. The zero-order valence-electron chi connectivity index (χ0n) is 13.8. The van der Waals surface area contributed by atoms with Crippen LogP contribution in [0.4, 0.5) is 14.9 Å². The number of rotatable bonds is 6. The van der Waals surface area contributed by atoms with Crippen molar-refractivity contribution in [2.24, 2.45) is 13.0 Å². The van der Waals surface area contributed by atoms with E-state index in [1.807, 2.05) is 20.0 Å². The number of hydrogen-bond donors (Lipinski definition) is 2. The molecular weight excluding hydrogens is 311 g/mol. The fourth-order valence-corrected chi connectivity index (χ4v) is 2.38. The van der Waals surface area contributed by atoms with Gasteiger partial charge in [0.2, 0.25) is 0 Å². The first-order chi connectivity index (χ1) is 11.5. The number of halogens is 1. The van der Waals surface area contributed by atoms with Gasteiger partial charge in [0.15, 0.2) is 0 Å². The van der Waals surface area contributed by atoms with Crippen molar-refractivity contribution in [1.82, 2.24) is 15.1 Å². The minimum Gasteiger partial charge on any atom is -0.491 e. The Hall–Kier alpha value is -2.57. The molecule has 0 radical (unpaired) electrons. The third-order valence-electron chi connectivity index (χ3n) is 3.89. The zero-order valence-corrected chi connectivity index (χ0v) is 13.8. The van der Waals surface area contributed by atoms with Crippen molar-refractivity contribution in [1.29, 1.82) is 0 Å². The second-order valence-corrected chi connectivity index (χ2v) is 6.10. The van der Waals surface area contributed by atoms with Crippen molar-refractivity contribution in [3.63, 3.8) is 0 Å². The lowest BCUT2D eigenvalue weighted by Gasteiger charge is -2.13. The van der Waals surface area contributed by atoms with Gasteiger partial charge in [-0.15, -0.1) is 0 Å². The van der Waals surface area contributed by atoms with Crippen molar-refractivity contribution < 1.29 is 13.9 Å². The molecule has 24 heavy (non-hydrogen) atoms. The van der Waals surface area contributed by atoms with Crippen molar-refractivity contribution >= 4 is 11.7 Å². The first kappa shape index (κ1) is 16.3. The SMILES string of the molecule is Cc1cc(CNC(=O)Nc2cc(F)ccc2OCC2CC2)n(C)n1. The molecule has 1 aromatic heterocycles. The van der Waals surface area contributed by atoms with Crippen LogP contribution in [0.2, 0.25) is 0 Å². The average molecular weight is 332 g/mol. The molecule has 2 N–H and O–H groups in total. The Balaban J connectivity index is 1.60. The van der Waals surface area contributed by atoms with Crippen molar-refractivity contribution in [3.8, 4) is 5.75 Å². The molecule has 1 fully saturated rings. The summed E-state index contributed by atoms with van der Waals surface area (Å²) < 4.78 is 20.9. The summed E-state index contributed by atoms with van der Waals surface area (Å²) in [6, 6.07) is 5.60. The van der Waals surface area contributed by atoms with Gasteiger partial charge in [0.05, 0.1) is 30.2 Å². The van der Waals surface area contributed by atoms with Gasteiger partial charge >= 0.3 is 6.03 Å². The molecule has 1 saturated carbocycles. The molecule has 0 unspecified atom stereocenters. The van der Waals surface area contributed by atoms with Crippen LogP contribution >= 0.6 is 0 Å². The summed E-state index contributed by atoms with van der Waals surface area (Å²) in [6.07, 6.45) is 2.32. The van der Waals surface area contributed by atoms with Crippen LogP contribution in [0.15, 0.2) is 24.3 Å². The third kappa shape index (κ3) is 4.24. The highest BCUT2D eigenvalue weighted by Gasteiger charge is 2.22. The molecule has 3 rings (SSSR count). The fourth-order valence-electron chi connectivity index (χ4n) is 2.38. The molecule has 1 aliphatic rings. The number of aryl methyl sites for hydroxylation is 2. The lowest BCUT2D eigenvalue weighted by Crippen LogP contribution is -2.29. The summed E-state index contributed by atoms with van der Waals surface area (Å²) >= 11 is 0. The highest BCUT2D eigenvalue weighted by molar-refractivity contribution is 5.90. The minimum absolute atomic E-state index is 0.328. The maximum Gasteiger partial charge on any atom is 0.319 e. The summed E-state index contributed by atoms with van der Waals surface area (Å²) in [5.41, 5.74) is 2.09. The van der Waals surface area contributed by atoms with E-state index in [4.69, 9.17) is 4.74 Å². The molecular formula is C17H21FN4O2. The first-order valence-corrected chi connectivity index (χ1v) is 7.98. The van der Waals surface area contributed by atoms with Crippen molar-refractivity contribution in [2.75, 3.05) is 11.9 Å². The largest absolute Gasteiger partial charge is 0.491 e. The van der Waals surface area contributed by atoms with Crippen molar-refractivity contribution in [3.05, 3.63) is 41.5 Å². The van der Waals surface area contributed by atoms with E-state index in [9.17, 15) is 9.18 Å². The van der Waals surface area contributed by atoms with Gasteiger partial charge in [-0.3, -0.25) is 4.68 Å². The second-order valence-electron chi connectivity index (χ2n) is 6.10. The molecule has 0 aliphatic heterocycles. The lowest BCUT2D eigenvalue weighted by molar-refractivity contribution is 0.251. The predicted octanol–water partition coefficient (Wildman–Crippen LogP) is 2.98. The van der Waals surface area contributed by atoms with E-state index in [0.29, 0.717) is 30.5 Å². The Kier molecular flexibility index (Phi) is 4.69. The normalized spacial score (nSPS) is 13.6. The maximum atomic E-state index is 13.5. The minimum atomic E-state index is -0.425. The Morgan fingerprint density at radius 2 is 2.21 bits per heavy atom. The Bertz CT molecular complexity index is 740. The summed E-state index contributed by atoms with van der Waals surface area (Å²) in [7, 11) is 1.82. The van der Waals surface area contributed by atoms with E-state index in [-0.39, 0.29) is 0 Å². The monoisotopic (exact) mass is 332 g/mol. The van der Waals surface area contributed by atoms with E-state index in [1.54, 1.807) is 4.68 Å². The number of benzene rings is 1. The summed E-state index contributed by atoms with van der Waals surface area (Å²) in [5, 5.41) is 9.60. The molecule has 0 spiro atoms. The quantitative estimate of drug-likeness (QED) is 0.854. The number of carbonyl (C=O) groups is 1. The Labute approximate surface area is 140 Å². The topological polar surface area (TPSA) is 68.2 Å². The van der Waals surface area contributed by atoms with Crippen LogP contribution in [0.1, 0.15) is 24.2 Å². The van der Waals surface area contributed by atoms with Gasteiger partial charge in [0.25, 0.3) is 0 Å². The van der Waals surface area contributed by atoms with Crippen LogP contribution < -0.4 is 15.4 Å². The average Bonchev–Trinajstić information content (AvgIpc) is 3.29. The van der Waals surface area contributed by atoms with Gasteiger partial charge in [-0.1, -0.05) is 0 Å². The highest BCUT2D eigenvalue weighted by atomic mass is 19.1. The van der Waals surface area contributed by atoms with E-state index >= 15 is 0 Å². The van der Waals surface area contributed by atoms with E-state index < -0.39 is 11.8 Å². The lowest BCUT2D eigenvalue weighted by atomic mass is 10.3. The van der Waals surface area contributed by atoms with Crippen LogP contribution in [0.5, 0.6) is 5.75 Å². The van der Waals surface area contributed by atoms with Gasteiger partial charge < -0.3 is 15.4 Å². The number of urea groups is 1. The number of carbonyl (C=O) groups excluding carboxylic acids is 1. The summed E-state index contributed by atoms with van der Waals surface area (Å²) in [5.74, 6) is 0.631. The number of nitrogens with zero attached hydrogens (tertiary/aromatic N) is 2.